The Hall–Kier alpha value is -3.81. The molecule has 36 heavy (non-hydrogen) atoms. The summed E-state index contributed by atoms with van der Waals surface area (Å²) in [7, 11) is 0. The molecule has 2 amide bonds. The Morgan fingerprint density at radius 3 is 2.61 bits per heavy atom. The zero-order valence-corrected chi connectivity index (χ0v) is 19.1. The van der Waals surface area contributed by atoms with E-state index in [-0.39, 0.29) is 17.1 Å². The molecule has 0 bridgehead atoms. The minimum absolute atomic E-state index is 0.00788. The average molecular weight is 504 g/mol. The molecule has 188 valence electrons. The normalized spacial score (nSPS) is 27.0. The summed E-state index contributed by atoms with van der Waals surface area (Å²) in [6.45, 7) is 0.770. The van der Waals surface area contributed by atoms with Crippen LogP contribution in [0, 0.1) is 18.6 Å². The van der Waals surface area contributed by atoms with E-state index in [0.717, 1.165) is 23.1 Å². The number of nitrogens with one attached hydrogen (secondary N) is 2. The molecule has 8 heteroatoms. The van der Waals surface area contributed by atoms with Crippen LogP contribution in [0.1, 0.15) is 64.1 Å². The van der Waals surface area contributed by atoms with Gasteiger partial charge in [0.1, 0.15) is 11.9 Å². The van der Waals surface area contributed by atoms with E-state index in [2.05, 4.69) is 10.3 Å². The Labute approximate surface area is 225 Å². The number of pyridine rings is 1. The van der Waals surface area contributed by atoms with E-state index in [1.54, 1.807) is 11.4 Å². The molecule has 4 rings (SSSR count). The standard InChI is InChI=1S/C28H30F2N4O2/c1-19-9-5-6-14-23(19)26(28(36)33-21-11-3-2-4-12-21)34(22-13-7-10-20(29)17-22)25(35)18-32-27-24(30)15-8-16-31-27/h5-10,13-17,21,26H,2-4,11-12,18H2,1H3,(H,31,32)(H,33,36)/i2D2,3D2,4D2,11D2,12D2,21D. The van der Waals surface area contributed by atoms with Crippen LogP contribution >= 0.6 is 0 Å². The third-order valence-corrected chi connectivity index (χ3v) is 5.26. The fourth-order valence-corrected chi connectivity index (χ4v) is 3.62. The minimum Gasteiger partial charge on any atom is -0.359 e. The molecule has 3 aromatic rings. The molecule has 1 aliphatic carbocycles. The van der Waals surface area contributed by atoms with Gasteiger partial charge in [-0.25, -0.2) is 13.8 Å². The van der Waals surface area contributed by atoms with Crippen LogP contribution in [-0.2, 0) is 9.59 Å². The molecule has 0 aliphatic heterocycles. The second-order valence-electron chi connectivity index (χ2n) is 7.68. The van der Waals surface area contributed by atoms with Gasteiger partial charge in [-0.15, -0.1) is 0 Å². The summed E-state index contributed by atoms with van der Waals surface area (Å²) in [5.74, 6) is -4.55. The van der Waals surface area contributed by atoms with Crippen LogP contribution in [0.2, 0.25) is 0 Å². The SMILES string of the molecule is [2H]C1([2H])C([2H])([2H])C([2H])([2H])C([2H])(NC(=O)C(c2ccccc2C)N(C(=O)CNc2ncccc2F)c2cccc(F)c2)C([2H])([2H])C1([2H])[2H]. The molecule has 0 spiro atoms. The Bertz CT molecular complexity index is 1660. The van der Waals surface area contributed by atoms with Crippen LogP contribution in [0.3, 0.4) is 0 Å². The van der Waals surface area contributed by atoms with E-state index >= 15 is 0 Å². The predicted octanol–water partition coefficient (Wildman–Crippen LogP) is 5.30. The maximum Gasteiger partial charge on any atom is 0.248 e. The molecule has 0 saturated heterocycles. The van der Waals surface area contributed by atoms with Gasteiger partial charge in [0.05, 0.1) is 7.92 Å². The number of aryl methyl sites for hydroxylation is 1. The van der Waals surface area contributed by atoms with Crippen molar-refractivity contribution in [2.24, 2.45) is 0 Å². The lowest BCUT2D eigenvalue weighted by Gasteiger charge is -2.34. The van der Waals surface area contributed by atoms with Gasteiger partial charge in [-0.2, -0.15) is 0 Å². The molecule has 1 aromatic heterocycles. The van der Waals surface area contributed by atoms with Gasteiger partial charge in [-0.1, -0.05) is 49.5 Å². The van der Waals surface area contributed by atoms with E-state index in [4.69, 9.17) is 15.1 Å². The number of carbonyl (C=O) groups excluding carboxylic acids is 2. The van der Waals surface area contributed by atoms with Gasteiger partial charge < -0.3 is 10.6 Å². The van der Waals surface area contributed by atoms with Crippen LogP contribution < -0.4 is 15.5 Å². The van der Waals surface area contributed by atoms with Gasteiger partial charge in [0, 0.05) is 31.6 Å². The van der Waals surface area contributed by atoms with Crippen molar-refractivity contribution in [2.45, 2.75) is 50.8 Å². The van der Waals surface area contributed by atoms with Crippen molar-refractivity contribution in [3.05, 3.63) is 89.6 Å². The maximum atomic E-state index is 14.6. The first-order chi connectivity index (χ1) is 21.6. The molecule has 1 atom stereocenters. The predicted molar refractivity (Wildman–Crippen MR) is 136 cm³/mol. The molecule has 1 saturated carbocycles. The van der Waals surface area contributed by atoms with Gasteiger partial charge in [-0.3, -0.25) is 14.5 Å². The maximum absolute atomic E-state index is 14.6. The smallest absolute Gasteiger partial charge is 0.248 e. The molecule has 0 radical (unpaired) electrons. The monoisotopic (exact) mass is 503 g/mol. The summed E-state index contributed by atoms with van der Waals surface area (Å²) in [6, 6.07) is 6.81. The molecule has 6 nitrogen and oxygen atoms in total. The van der Waals surface area contributed by atoms with Crippen LogP contribution in [0.5, 0.6) is 0 Å². The highest BCUT2D eigenvalue weighted by Gasteiger charge is 2.35. The molecule has 1 heterocycles. The van der Waals surface area contributed by atoms with Gasteiger partial charge in [0.2, 0.25) is 11.8 Å². The summed E-state index contributed by atoms with van der Waals surface area (Å²) in [4.78, 5) is 32.8. The summed E-state index contributed by atoms with van der Waals surface area (Å²) in [6.07, 6.45) is -18.3. The number of benzene rings is 2. The number of amides is 2. The largest absolute Gasteiger partial charge is 0.359 e. The highest BCUT2D eigenvalue weighted by Crippen LogP contribution is 2.31. The first-order valence-corrected chi connectivity index (χ1v) is 10.9. The Balaban J connectivity index is 1.91. The van der Waals surface area contributed by atoms with Crippen molar-refractivity contribution >= 4 is 23.3 Å². The third-order valence-electron chi connectivity index (χ3n) is 5.26. The van der Waals surface area contributed by atoms with Crippen molar-refractivity contribution in [3.8, 4) is 0 Å². The van der Waals surface area contributed by atoms with Crippen molar-refractivity contribution < 1.29 is 33.4 Å². The molecule has 1 unspecified atom stereocenters. The van der Waals surface area contributed by atoms with Crippen LogP contribution in [-0.4, -0.2) is 29.4 Å². The van der Waals surface area contributed by atoms with E-state index in [1.807, 2.05) is 0 Å². The number of hydrogen-bond acceptors (Lipinski definition) is 4. The Morgan fingerprint density at radius 1 is 1.11 bits per heavy atom. The number of halogens is 2. The lowest BCUT2D eigenvalue weighted by Crippen LogP contribution is -2.49. The van der Waals surface area contributed by atoms with Gasteiger partial charge in [0.25, 0.3) is 0 Å². The summed E-state index contributed by atoms with van der Waals surface area (Å²) in [5.41, 5.74) is 0.0900. The van der Waals surface area contributed by atoms with E-state index in [1.165, 1.54) is 49.5 Å². The molecular formula is C28H30F2N4O2. The summed E-state index contributed by atoms with van der Waals surface area (Å²) in [5, 5.41) is 4.29. The first kappa shape index (κ1) is 14.7. The number of aromatic nitrogens is 1. The highest BCUT2D eigenvalue weighted by atomic mass is 19.1. The summed E-state index contributed by atoms with van der Waals surface area (Å²) < 4.78 is 121. The average Bonchev–Trinajstić information content (AvgIpc) is 2.98. The Kier molecular flexibility index (Phi) is 4.79. The fourth-order valence-electron chi connectivity index (χ4n) is 3.62. The lowest BCUT2D eigenvalue weighted by atomic mass is 9.93. The molecule has 1 fully saturated rings. The number of rotatable bonds is 8. The fraction of sp³-hybridized carbons (Fsp3) is 0.321. The quantitative estimate of drug-likeness (QED) is 0.437. The first-order valence-electron chi connectivity index (χ1n) is 16.4. The number of nitrogens with zero attached hydrogens (tertiary/aromatic N) is 2. The third kappa shape index (κ3) is 6.05. The molecule has 2 N–H and O–H groups in total. The van der Waals surface area contributed by atoms with E-state index in [0.29, 0.717) is 5.56 Å². The molecule has 1 aliphatic rings. The zero-order valence-electron chi connectivity index (χ0n) is 30.1. The van der Waals surface area contributed by atoms with Crippen LogP contribution in [0.15, 0.2) is 66.9 Å². The van der Waals surface area contributed by atoms with Crippen LogP contribution in [0.25, 0.3) is 0 Å². The number of hydrogen-bond donors (Lipinski definition) is 2. The van der Waals surface area contributed by atoms with Crippen molar-refractivity contribution in [3.63, 3.8) is 0 Å². The van der Waals surface area contributed by atoms with E-state index < -0.39 is 73.9 Å². The summed E-state index contributed by atoms with van der Waals surface area (Å²) >= 11 is 0. The highest BCUT2D eigenvalue weighted by molar-refractivity contribution is 6.03. The topological polar surface area (TPSA) is 74.3 Å². The van der Waals surface area contributed by atoms with Crippen molar-refractivity contribution in [2.75, 3.05) is 16.8 Å². The van der Waals surface area contributed by atoms with Crippen molar-refractivity contribution in [1.29, 1.82) is 0 Å². The van der Waals surface area contributed by atoms with Gasteiger partial charge >= 0.3 is 0 Å². The molecular weight excluding hydrogens is 462 g/mol. The van der Waals surface area contributed by atoms with Crippen LogP contribution in [0.4, 0.5) is 20.3 Å². The van der Waals surface area contributed by atoms with Gasteiger partial charge in [-0.05, 0) is 61.1 Å². The Morgan fingerprint density at radius 2 is 1.89 bits per heavy atom. The van der Waals surface area contributed by atoms with E-state index in [9.17, 15) is 18.4 Å². The number of anilines is 2. The zero-order chi connectivity index (χ0) is 35.4. The second-order valence-corrected chi connectivity index (χ2v) is 7.68. The van der Waals surface area contributed by atoms with Gasteiger partial charge in [0.15, 0.2) is 11.6 Å². The second kappa shape index (κ2) is 11.7. The van der Waals surface area contributed by atoms with Crippen molar-refractivity contribution in [1.82, 2.24) is 10.3 Å². The number of carbonyl (C=O) groups is 2. The molecule has 2 aromatic carbocycles. The minimum atomic E-state index is -3.93. The lowest BCUT2D eigenvalue weighted by molar-refractivity contribution is -0.126.